The Morgan fingerprint density at radius 3 is 2.48 bits per heavy atom. The number of thioether (sulfide) groups is 1. The second-order valence-electron chi connectivity index (χ2n) is 5.38. The van der Waals surface area contributed by atoms with Gasteiger partial charge in [-0.3, -0.25) is 9.59 Å². The minimum absolute atomic E-state index is 0.000758. The largest absolute Gasteiger partial charge is 0.481 e. The number of carbonyl (C=O) groups is 2. The minimum Gasteiger partial charge on any atom is -0.481 e. The third-order valence-corrected chi connectivity index (χ3v) is 5.07. The van der Waals surface area contributed by atoms with E-state index in [-0.39, 0.29) is 17.1 Å². The number of rotatable bonds is 4. The molecule has 1 heterocycles. The second-order valence-corrected chi connectivity index (χ2v) is 7.23. The van der Waals surface area contributed by atoms with Crippen molar-refractivity contribution >= 4 is 35.2 Å². The molecule has 4 nitrogen and oxygen atoms in total. The van der Waals surface area contributed by atoms with E-state index in [1.807, 2.05) is 26.0 Å². The highest BCUT2D eigenvalue weighted by Crippen LogP contribution is 2.29. The average Bonchev–Trinajstić information content (AvgIpc) is 2.82. The van der Waals surface area contributed by atoms with Crippen molar-refractivity contribution in [1.82, 2.24) is 4.90 Å². The molecule has 1 fully saturated rings. The van der Waals surface area contributed by atoms with E-state index in [4.69, 9.17) is 16.7 Å². The van der Waals surface area contributed by atoms with Gasteiger partial charge in [-0.25, -0.2) is 0 Å². The van der Waals surface area contributed by atoms with Crippen LogP contribution in [0.15, 0.2) is 29.2 Å². The van der Waals surface area contributed by atoms with E-state index in [0.717, 1.165) is 4.90 Å². The van der Waals surface area contributed by atoms with Crippen LogP contribution < -0.4 is 0 Å². The smallest absolute Gasteiger partial charge is 0.308 e. The van der Waals surface area contributed by atoms with E-state index in [1.165, 1.54) is 11.8 Å². The van der Waals surface area contributed by atoms with Gasteiger partial charge in [0.05, 0.1) is 11.2 Å². The Morgan fingerprint density at radius 1 is 1.33 bits per heavy atom. The molecule has 1 aromatic carbocycles. The number of halogens is 1. The molecule has 1 amide bonds. The highest BCUT2D eigenvalue weighted by Gasteiger charge is 2.38. The quantitative estimate of drug-likeness (QED) is 0.864. The summed E-state index contributed by atoms with van der Waals surface area (Å²) in [7, 11) is 0. The van der Waals surface area contributed by atoms with E-state index in [1.54, 1.807) is 17.0 Å². The summed E-state index contributed by atoms with van der Waals surface area (Å²) >= 11 is 7.30. The first-order chi connectivity index (χ1) is 9.88. The zero-order valence-electron chi connectivity index (χ0n) is 12.0. The maximum atomic E-state index is 12.4. The van der Waals surface area contributed by atoms with Crippen molar-refractivity contribution in [2.75, 3.05) is 13.1 Å². The molecule has 2 rings (SSSR count). The van der Waals surface area contributed by atoms with Gasteiger partial charge in [-0.05, 0) is 37.1 Å². The van der Waals surface area contributed by atoms with Gasteiger partial charge in [0.25, 0.3) is 0 Å². The maximum Gasteiger partial charge on any atom is 0.308 e. The second kappa shape index (κ2) is 6.71. The fourth-order valence-electron chi connectivity index (χ4n) is 2.49. The normalized spacial score (nSPS) is 23.1. The van der Waals surface area contributed by atoms with Crippen LogP contribution in [0.1, 0.15) is 13.8 Å². The van der Waals surface area contributed by atoms with Gasteiger partial charge in [0.15, 0.2) is 0 Å². The van der Waals surface area contributed by atoms with E-state index in [2.05, 4.69) is 0 Å². The summed E-state index contributed by atoms with van der Waals surface area (Å²) in [5.74, 6) is -1.29. The van der Waals surface area contributed by atoms with Crippen LogP contribution >= 0.6 is 23.4 Å². The van der Waals surface area contributed by atoms with E-state index in [0.29, 0.717) is 18.1 Å². The summed E-state index contributed by atoms with van der Waals surface area (Å²) in [5, 5.41) is 9.55. The number of hydrogen-bond donors (Lipinski definition) is 1. The van der Waals surface area contributed by atoms with Crippen LogP contribution in [0.4, 0.5) is 0 Å². The molecule has 0 aromatic heterocycles. The van der Waals surface area contributed by atoms with Crippen molar-refractivity contribution in [3.8, 4) is 0 Å². The number of aliphatic carboxylic acids is 1. The number of carbonyl (C=O) groups excluding carboxylic acids is 1. The summed E-state index contributed by atoms with van der Waals surface area (Å²) in [6.45, 7) is 4.55. The van der Waals surface area contributed by atoms with Crippen molar-refractivity contribution in [2.45, 2.75) is 24.0 Å². The number of nitrogens with zero attached hydrogens (tertiary/aromatic N) is 1. The number of benzene rings is 1. The molecule has 21 heavy (non-hydrogen) atoms. The molecule has 6 heteroatoms. The molecule has 1 N–H and O–H groups in total. The van der Waals surface area contributed by atoms with Crippen LogP contribution in [-0.4, -0.2) is 40.2 Å². The predicted octanol–water partition coefficient (Wildman–Crippen LogP) is 3.00. The van der Waals surface area contributed by atoms with Gasteiger partial charge in [-0.2, -0.15) is 0 Å². The van der Waals surface area contributed by atoms with Crippen LogP contribution in [0.3, 0.4) is 0 Å². The summed E-state index contributed by atoms with van der Waals surface area (Å²) in [6, 6.07) is 7.34. The van der Waals surface area contributed by atoms with Gasteiger partial charge < -0.3 is 10.0 Å². The Kier molecular flexibility index (Phi) is 5.17. The maximum absolute atomic E-state index is 12.4. The molecule has 1 aliphatic rings. The van der Waals surface area contributed by atoms with Gasteiger partial charge >= 0.3 is 5.97 Å². The van der Waals surface area contributed by atoms with Crippen molar-refractivity contribution in [3.63, 3.8) is 0 Å². The lowest BCUT2D eigenvalue weighted by molar-refractivity contribution is -0.142. The highest BCUT2D eigenvalue weighted by molar-refractivity contribution is 8.00. The molecular formula is C15H18ClNO3S. The Bertz CT molecular complexity index is 534. The summed E-state index contributed by atoms with van der Waals surface area (Å²) in [5.41, 5.74) is 0. The van der Waals surface area contributed by atoms with Crippen LogP contribution in [-0.2, 0) is 9.59 Å². The van der Waals surface area contributed by atoms with Crippen LogP contribution in [0.2, 0.25) is 5.02 Å². The standard InChI is InChI=1S/C15H18ClNO3S/c1-9-7-17(8-13(9)15(19)20)14(18)10(2)21-12-5-3-11(16)4-6-12/h3-6,9-10,13H,7-8H2,1-2H3,(H,19,20). The summed E-state index contributed by atoms with van der Waals surface area (Å²) in [4.78, 5) is 26.2. The molecule has 1 saturated heterocycles. The van der Waals surface area contributed by atoms with Crippen molar-refractivity contribution in [2.24, 2.45) is 11.8 Å². The van der Waals surface area contributed by atoms with Crippen molar-refractivity contribution in [3.05, 3.63) is 29.3 Å². The third kappa shape index (κ3) is 3.92. The van der Waals surface area contributed by atoms with Crippen LogP contribution in [0.5, 0.6) is 0 Å². The first kappa shape index (κ1) is 16.2. The fraction of sp³-hybridized carbons (Fsp3) is 0.467. The van der Waals surface area contributed by atoms with E-state index in [9.17, 15) is 9.59 Å². The fourth-order valence-corrected chi connectivity index (χ4v) is 3.57. The molecule has 3 unspecified atom stereocenters. The lowest BCUT2D eigenvalue weighted by Gasteiger charge is -2.20. The molecule has 1 aliphatic heterocycles. The number of likely N-dealkylation sites (tertiary alicyclic amines) is 1. The van der Waals surface area contributed by atoms with Gasteiger partial charge in [0.1, 0.15) is 0 Å². The van der Waals surface area contributed by atoms with Crippen LogP contribution in [0, 0.1) is 11.8 Å². The summed E-state index contributed by atoms with van der Waals surface area (Å²) < 4.78 is 0. The minimum atomic E-state index is -0.823. The van der Waals surface area contributed by atoms with Crippen molar-refractivity contribution in [1.29, 1.82) is 0 Å². The first-order valence-electron chi connectivity index (χ1n) is 6.82. The van der Waals surface area contributed by atoms with Gasteiger partial charge in [0.2, 0.25) is 5.91 Å². The lowest BCUT2D eigenvalue weighted by atomic mass is 9.99. The Balaban J connectivity index is 1.97. The molecular weight excluding hydrogens is 310 g/mol. The third-order valence-electron chi connectivity index (χ3n) is 3.72. The summed E-state index contributed by atoms with van der Waals surface area (Å²) in [6.07, 6.45) is 0. The average molecular weight is 328 g/mol. The monoisotopic (exact) mass is 327 g/mol. The van der Waals surface area contributed by atoms with Gasteiger partial charge in [-0.15, -0.1) is 11.8 Å². The molecule has 0 bridgehead atoms. The molecule has 3 atom stereocenters. The molecule has 1 aromatic rings. The van der Waals surface area contributed by atoms with Gasteiger partial charge in [-0.1, -0.05) is 18.5 Å². The molecule has 0 spiro atoms. The topological polar surface area (TPSA) is 57.6 Å². The van der Waals surface area contributed by atoms with Crippen molar-refractivity contribution < 1.29 is 14.7 Å². The molecule has 114 valence electrons. The Hall–Kier alpha value is -1.20. The molecule has 0 radical (unpaired) electrons. The zero-order chi connectivity index (χ0) is 15.6. The van der Waals surface area contributed by atoms with Crippen LogP contribution in [0.25, 0.3) is 0 Å². The molecule has 0 aliphatic carbocycles. The number of carboxylic acids is 1. The number of hydrogen-bond acceptors (Lipinski definition) is 3. The SMILES string of the molecule is CC(Sc1ccc(Cl)cc1)C(=O)N1CC(C)C(C(=O)O)C1. The van der Waals surface area contributed by atoms with Gasteiger partial charge in [0, 0.05) is 23.0 Å². The number of amides is 1. The Morgan fingerprint density at radius 2 is 1.95 bits per heavy atom. The van der Waals surface area contributed by atoms with E-state index >= 15 is 0 Å². The number of carboxylic acid groups (broad SMARTS) is 1. The van der Waals surface area contributed by atoms with E-state index < -0.39 is 11.9 Å². The zero-order valence-corrected chi connectivity index (χ0v) is 13.5. The Labute approximate surface area is 133 Å². The highest BCUT2D eigenvalue weighted by atomic mass is 35.5. The first-order valence-corrected chi connectivity index (χ1v) is 8.08. The lowest BCUT2D eigenvalue weighted by Crippen LogP contribution is -2.35. The molecule has 0 saturated carbocycles. The predicted molar refractivity (Wildman–Crippen MR) is 83.6 cm³/mol.